The Kier molecular flexibility index (Phi) is 10.2. The first-order chi connectivity index (χ1) is 11.7. The van der Waals surface area contributed by atoms with Crippen molar-refractivity contribution in [3.8, 4) is 0 Å². The van der Waals surface area contributed by atoms with Crippen molar-refractivity contribution in [3.05, 3.63) is 35.6 Å². The van der Waals surface area contributed by atoms with Crippen LogP contribution in [0.2, 0.25) is 0 Å². The van der Waals surface area contributed by atoms with E-state index < -0.39 is 0 Å². The van der Waals surface area contributed by atoms with E-state index in [4.69, 9.17) is 4.74 Å². The summed E-state index contributed by atoms with van der Waals surface area (Å²) in [6.07, 6.45) is 0.167. The average molecular weight is 338 g/mol. The number of nitrogens with one attached hydrogen (secondary N) is 3. The highest BCUT2D eigenvalue weighted by molar-refractivity contribution is 5.80. The number of guanidine groups is 1. The summed E-state index contributed by atoms with van der Waals surface area (Å²) in [5, 5.41) is 9.05. The van der Waals surface area contributed by atoms with Gasteiger partial charge in [-0.1, -0.05) is 12.1 Å². The van der Waals surface area contributed by atoms with Gasteiger partial charge in [0.15, 0.2) is 5.96 Å². The summed E-state index contributed by atoms with van der Waals surface area (Å²) in [6.45, 7) is 7.54. The molecule has 1 rings (SSSR count). The quantitative estimate of drug-likeness (QED) is 0.339. The summed E-state index contributed by atoms with van der Waals surface area (Å²) in [4.78, 5) is 16.2. The molecule has 6 nitrogen and oxygen atoms in total. The lowest BCUT2D eigenvalue weighted by Gasteiger charge is -2.12. The van der Waals surface area contributed by atoms with Gasteiger partial charge in [-0.25, -0.2) is 4.39 Å². The van der Waals surface area contributed by atoms with Gasteiger partial charge in [0, 0.05) is 26.2 Å². The van der Waals surface area contributed by atoms with Gasteiger partial charge in [0.05, 0.1) is 19.6 Å². The topological polar surface area (TPSA) is 74.8 Å². The molecule has 0 aliphatic carbocycles. The first kappa shape index (κ1) is 19.9. The number of carbonyl (C=O) groups is 1. The SMILES string of the molecule is CCNC(=NCCOCC)NCCNC(=O)Cc1cccc(F)c1. The Balaban J connectivity index is 2.25. The molecule has 1 aromatic carbocycles. The van der Waals surface area contributed by atoms with E-state index >= 15 is 0 Å². The van der Waals surface area contributed by atoms with Gasteiger partial charge in [0.1, 0.15) is 5.82 Å². The molecule has 24 heavy (non-hydrogen) atoms. The van der Waals surface area contributed by atoms with Crippen LogP contribution >= 0.6 is 0 Å². The second kappa shape index (κ2) is 12.3. The highest BCUT2D eigenvalue weighted by Gasteiger charge is 2.04. The lowest BCUT2D eigenvalue weighted by molar-refractivity contribution is -0.120. The lowest BCUT2D eigenvalue weighted by atomic mass is 10.1. The van der Waals surface area contributed by atoms with E-state index in [2.05, 4.69) is 20.9 Å². The van der Waals surface area contributed by atoms with Gasteiger partial charge in [0.2, 0.25) is 5.91 Å². The summed E-state index contributed by atoms with van der Waals surface area (Å²) in [5.74, 6) is 0.220. The zero-order chi connectivity index (χ0) is 17.6. The highest BCUT2D eigenvalue weighted by Crippen LogP contribution is 2.03. The molecule has 0 radical (unpaired) electrons. The lowest BCUT2D eigenvalue weighted by Crippen LogP contribution is -2.42. The van der Waals surface area contributed by atoms with E-state index in [0.29, 0.717) is 44.4 Å². The standard InChI is InChI=1S/C17H27FN4O2/c1-3-19-17(22-10-11-24-4-2)21-9-8-20-16(23)13-14-6-5-7-15(18)12-14/h5-7,12H,3-4,8-11,13H2,1-2H3,(H,20,23)(H2,19,21,22). The van der Waals surface area contributed by atoms with Gasteiger partial charge in [-0.2, -0.15) is 0 Å². The predicted molar refractivity (Wildman–Crippen MR) is 93.6 cm³/mol. The van der Waals surface area contributed by atoms with E-state index in [1.165, 1.54) is 12.1 Å². The van der Waals surface area contributed by atoms with Gasteiger partial charge in [-0.3, -0.25) is 9.79 Å². The number of amides is 1. The van der Waals surface area contributed by atoms with Crippen molar-refractivity contribution in [1.29, 1.82) is 0 Å². The Labute approximate surface area is 142 Å². The van der Waals surface area contributed by atoms with Gasteiger partial charge in [-0.05, 0) is 31.5 Å². The third-order valence-corrected chi connectivity index (χ3v) is 3.05. The van der Waals surface area contributed by atoms with Crippen LogP contribution in [-0.2, 0) is 16.0 Å². The van der Waals surface area contributed by atoms with Crippen LogP contribution in [0.25, 0.3) is 0 Å². The monoisotopic (exact) mass is 338 g/mol. The molecule has 1 amide bonds. The van der Waals surface area contributed by atoms with E-state index in [9.17, 15) is 9.18 Å². The molecular formula is C17H27FN4O2. The zero-order valence-electron chi connectivity index (χ0n) is 14.4. The van der Waals surface area contributed by atoms with Gasteiger partial charge in [-0.15, -0.1) is 0 Å². The molecule has 0 saturated carbocycles. The van der Waals surface area contributed by atoms with Crippen LogP contribution in [0.5, 0.6) is 0 Å². The van der Waals surface area contributed by atoms with E-state index in [1.54, 1.807) is 12.1 Å². The summed E-state index contributed by atoms with van der Waals surface area (Å²) >= 11 is 0. The van der Waals surface area contributed by atoms with Gasteiger partial charge in [0.25, 0.3) is 0 Å². The molecule has 0 aliphatic rings. The first-order valence-corrected chi connectivity index (χ1v) is 8.26. The minimum absolute atomic E-state index is 0.138. The highest BCUT2D eigenvalue weighted by atomic mass is 19.1. The van der Waals surface area contributed by atoms with Gasteiger partial charge >= 0.3 is 0 Å². The maximum atomic E-state index is 13.1. The number of rotatable bonds is 10. The van der Waals surface area contributed by atoms with E-state index in [0.717, 1.165) is 6.54 Å². The van der Waals surface area contributed by atoms with Crippen molar-refractivity contribution in [2.75, 3.05) is 39.4 Å². The van der Waals surface area contributed by atoms with Crippen LogP contribution in [0, 0.1) is 5.82 Å². The first-order valence-electron chi connectivity index (χ1n) is 8.26. The molecule has 134 valence electrons. The molecule has 7 heteroatoms. The fourth-order valence-corrected chi connectivity index (χ4v) is 1.99. The summed E-state index contributed by atoms with van der Waals surface area (Å²) in [5.41, 5.74) is 0.659. The van der Waals surface area contributed by atoms with E-state index in [1.807, 2.05) is 13.8 Å². The summed E-state index contributed by atoms with van der Waals surface area (Å²) in [7, 11) is 0. The van der Waals surface area contributed by atoms with Crippen molar-refractivity contribution in [1.82, 2.24) is 16.0 Å². The molecule has 0 unspecified atom stereocenters. The van der Waals surface area contributed by atoms with Crippen molar-refractivity contribution in [2.45, 2.75) is 20.3 Å². The Morgan fingerprint density at radius 2 is 2.00 bits per heavy atom. The maximum Gasteiger partial charge on any atom is 0.224 e. The minimum Gasteiger partial charge on any atom is -0.380 e. The Bertz CT molecular complexity index is 523. The Morgan fingerprint density at radius 1 is 1.21 bits per heavy atom. The number of carbonyl (C=O) groups excluding carboxylic acids is 1. The van der Waals surface area contributed by atoms with E-state index in [-0.39, 0.29) is 18.1 Å². The Morgan fingerprint density at radius 3 is 2.71 bits per heavy atom. The van der Waals surface area contributed by atoms with Crippen LogP contribution in [0.3, 0.4) is 0 Å². The van der Waals surface area contributed by atoms with Crippen LogP contribution in [-0.4, -0.2) is 51.3 Å². The molecule has 0 saturated heterocycles. The summed E-state index contributed by atoms with van der Waals surface area (Å²) < 4.78 is 18.3. The minimum atomic E-state index is -0.333. The zero-order valence-corrected chi connectivity index (χ0v) is 14.4. The Hall–Kier alpha value is -2.15. The summed E-state index contributed by atoms with van der Waals surface area (Å²) in [6, 6.07) is 6.06. The predicted octanol–water partition coefficient (Wildman–Crippen LogP) is 1.08. The van der Waals surface area contributed by atoms with Crippen molar-refractivity contribution < 1.29 is 13.9 Å². The molecule has 3 N–H and O–H groups in total. The number of ether oxygens (including phenoxy) is 1. The number of benzene rings is 1. The number of aliphatic imine (C=N–C) groups is 1. The molecule has 0 bridgehead atoms. The maximum absolute atomic E-state index is 13.1. The second-order valence-corrected chi connectivity index (χ2v) is 5.04. The van der Waals surface area contributed by atoms with Crippen LogP contribution in [0.15, 0.2) is 29.3 Å². The fraction of sp³-hybridized carbons (Fsp3) is 0.529. The van der Waals surface area contributed by atoms with Crippen molar-refractivity contribution >= 4 is 11.9 Å². The van der Waals surface area contributed by atoms with Crippen LogP contribution < -0.4 is 16.0 Å². The third-order valence-electron chi connectivity index (χ3n) is 3.05. The van der Waals surface area contributed by atoms with Gasteiger partial charge < -0.3 is 20.7 Å². The van der Waals surface area contributed by atoms with Crippen LogP contribution in [0.1, 0.15) is 19.4 Å². The molecule has 0 aromatic heterocycles. The van der Waals surface area contributed by atoms with Crippen LogP contribution in [0.4, 0.5) is 4.39 Å². The number of hydrogen-bond donors (Lipinski definition) is 3. The largest absolute Gasteiger partial charge is 0.380 e. The third kappa shape index (κ3) is 9.09. The molecular weight excluding hydrogens is 311 g/mol. The molecule has 0 spiro atoms. The normalized spacial score (nSPS) is 11.2. The average Bonchev–Trinajstić information content (AvgIpc) is 2.55. The number of nitrogens with zero attached hydrogens (tertiary/aromatic N) is 1. The number of hydrogen-bond acceptors (Lipinski definition) is 3. The molecule has 0 aliphatic heterocycles. The number of halogens is 1. The van der Waals surface area contributed by atoms with Crippen molar-refractivity contribution in [2.24, 2.45) is 4.99 Å². The molecule has 0 heterocycles. The molecule has 0 fully saturated rings. The second-order valence-electron chi connectivity index (χ2n) is 5.04. The van der Waals surface area contributed by atoms with Crippen molar-refractivity contribution in [3.63, 3.8) is 0 Å². The molecule has 1 aromatic rings. The smallest absolute Gasteiger partial charge is 0.224 e. The fourth-order valence-electron chi connectivity index (χ4n) is 1.99. The molecule has 0 atom stereocenters.